The Kier molecular flexibility index (Phi) is 7.28. The number of fused-ring (bicyclic) bond motifs is 1. The highest BCUT2D eigenvalue weighted by atomic mass is 28.4. The average Bonchev–Trinajstić information content (AvgIpc) is 2.82. The number of aliphatic hydroxyl groups excluding tert-OH is 1. The molecule has 2 aromatic carbocycles. The topological polar surface area (TPSA) is 83.5 Å². The Morgan fingerprint density at radius 1 is 1.00 bits per heavy atom. The van der Waals surface area contributed by atoms with Crippen LogP contribution in [0.25, 0.3) is 0 Å². The Morgan fingerprint density at radius 3 is 2.24 bits per heavy atom. The van der Waals surface area contributed by atoms with Crippen LogP contribution in [0.2, 0.25) is 18.1 Å². The van der Waals surface area contributed by atoms with Crippen LogP contribution < -0.4 is 0 Å². The van der Waals surface area contributed by atoms with Gasteiger partial charge in [0.25, 0.3) is 0 Å². The van der Waals surface area contributed by atoms with Crippen LogP contribution in [0.1, 0.15) is 43.0 Å². The number of carbonyl (C=O) groups is 1. The molecule has 0 bridgehead atoms. The number of hydrogen-bond donors (Lipinski definition) is 1. The first-order valence-corrected chi connectivity index (χ1v) is 14.6. The number of benzene rings is 2. The maximum atomic E-state index is 12.7. The summed E-state index contributed by atoms with van der Waals surface area (Å²) >= 11 is 0. The third-order valence-corrected chi connectivity index (χ3v) is 11.3. The van der Waals surface area contributed by atoms with Gasteiger partial charge in [-0.2, -0.15) is 0 Å². The monoisotopic (exact) mass is 486 g/mol. The number of hydrogen-bond acceptors (Lipinski definition) is 7. The zero-order valence-electron chi connectivity index (χ0n) is 20.3. The molecular formula is C26H34O7Si. The minimum Gasteiger partial charge on any atom is -0.429 e. The molecular weight excluding hydrogens is 452 g/mol. The van der Waals surface area contributed by atoms with Gasteiger partial charge in [-0.25, -0.2) is 4.79 Å². The minimum atomic E-state index is -2.32. The SMILES string of the molecule is CC(C)(C)[Si](C)(C)O[C@@H]1[C@@H](O)[C@@H](OC(=O)c2ccccc2)O[C@@H]2COC(c3ccccc3)O[C@@H]12. The van der Waals surface area contributed by atoms with Crippen LogP contribution in [0, 0.1) is 0 Å². The molecule has 2 aliphatic heterocycles. The Morgan fingerprint density at radius 2 is 1.62 bits per heavy atom. The smallest absolute Gasteiger partial charge is 0.340 e. The van der Waals surface area contributed by atoms with Gasteiger partial charge < -0.3 is 28.5 Å². The fraction of sp³-hybridized carbons (Fsp3) is 0.500. The largest absolute Gasteiger partial charge is 0.429 e. The summed E-state index contributed by atoms with van der Waals surface area (Å²) in [5, 5.41) is 11.2. The molecule has 2 aromatic rings. The van der Waals surface area contributed by atoms with Gasteiger partial charge in [0.2, 0.25) is 6.29 Å². The number of aliphatic hydroxyl groups is 1. The van der Waals surface area contributed by atoms with Crippen molar-refractivity contribution in [3.63, 3.8) is 0 Å². The summed E-state index contributed by atoms with van der Waals surface area (Å²) < 4.78 is 30.5. The highest BCUT2D eigenvalue weighted by Crippen LogP contribution is 2.42. The third-order valence-electron chi connectivity index (χ3n) is 6.85. The predicted molar refractivity (Wildman–Crippen MR) is 129 cm³/mol. The fourth-order valence-electron chi connectivity index (χ4n) is 3.84. The van der Waals surface area contributed by atoms with E-state index in [2.05, 4.69) is 33.9 Å². The van der Waals surface area contributed by atoms with Crippen LogP contribution in [-0.2, 0) is 23.4 Å². The van der Waals surface area contributed by atoms with E-state index in [4.69, 9.17) is 23.4 Å². The van der Waals surface area contributed by atoms with E-state index < -0.39 is 51.3 Å². The standard InChI is InChI=1S/C26H34O7Si/c1-26(2,3)34(4,5)33-22-20(27)25(32-23(28)17-12-8-6-9-13-17)30-19-16-29-24(31-21(19)22)18-14-10-7-11-15-18/h6-15,19-22,24-25,27H,16H2,1-5H3/t19-,20-,21-,22-,24?,25-/m1/s1. The highest BCUT2D eigenvalue weighted by molar-refractivity contribution is 6.74. The van der Waals surface area contributed by atoms with Gasteiger partial charge in [0.1, 0.15) is 24.4 Å². The minimum absolute atomic E-state index is 0.0965. The van der Waals surface area contributed by atoms with E-state index in [9.17, 15) is 9.90 Å². The van der Waals surface area contributed by atoms with Crippen LogP contribution in [0.3, 0.4) is 0 Å². The van der Waals surface area contributed by atoms with Gasteiger partial charge in [-0.05, 0) is 30.3 Å². The van der Waals surface area contributed by atoms with Gasteiger partial charge in [0.15, 0.2) is 14.6 Å². The molecule has 0 aliphatic carbocycles. The van der Waals surface area contributed by atoms with Gasteiger partial charge in [-0.1, -0.05) is 69.3 Å². The summed E-state index contributed by atoms with van der Waals surface area (Å²) in [6.45, 7) is 10.8. The zero-order valence-corrected chi connectivity index (χ0v) is 21.3. The predicted octanol–water partition coefficient (Wildman–Crippen LogP) is 4.43. The number of ether oxygens (including phenoxy) is 4. The Bertz CT molecular complexity index is 960. The second-order valence-corrected chi connectivity index (χ2v) is 15.1. The van der Waals surface area contributed by atoms with Crippen LogP contribution in [0.5, 0.6) is 0 Å². The van der Waals surface area contributed by atoms with Crippen molar-refractivity contribution in [1.29, 1.82) is 0 Å². The summed E-state index contributed by atoms with van der Waals surface area (Å²) in [6.07, 6.45) is -4.93. The molecule has 184 valence electrons. The zero-order chi connectivity index (χ0) is 24.5. The van der Waals surface area contributed by atoms with E-state index in [0.717, 1.165) is 5.56 Å². The second-order valence-electron chi connectivity index (χ2n) is 10.3. The quantitative estimate of drug-likeness (QED) is 0.494. The Balaban J connectivity index is 1.59. The second kappa shape index (κ2) is 9.89. The van der Waals surface area contributed by atoms with Crippen molar-refractivity contribution in [2.24, 2.45) is 0 Å². The molecule has 8 heteroatoms. The molecule has 4 rings (SSSR count). The van der Waals surface area contributed by atoms with E-state index in [-0.39, 0.29) is 11.6 Å². The van der Waals surface area contributed by atoms with E-state index in [1.165, 1.54) is 0 Å². The molecule has 6 atom stereocenters. The van der Waals surface area contributed by atoms with Crippen molar-refractivity contribution < 1.29 is 33.3 Å². The molecule has 2 fully saturated rings. The Hall–Kier alpha value is -2.07. The lowest BCUT2D eigenvalue weighted by Crippen LogP contribution is -2.65. The summed E-state index contributed by atoms with van der Waals surface area (Å²) in [7, 11) is -2.32. The van der Waals surface area contributed by atoms with Crippen molar-refractivity contribution in [3.8, 4) is 0 Å². The van der Waals surface area contributed by atoms with Gasteiger partial charge in [0.05, 0.1) is 12.2 Å². The van der Waals surface area contributed by atoms with Gasteiger partial charge >= 0.3 is 5.97 Å². The van der Waals surface area contributed by atoms with E-state index in [1.54, 1.807) is 24.3 Å². The van der Waals surface area contributed by atoms with E-state index in [0.29, 0.717) is 5.56 Å². The van der Waals surface area contributed by atoms with Crippen molar-refractivity contribution >= 4 is 14.3 Å². The number of esters is 1. The fourth-order valence-corrected chi connectivity index (χ4v) is 5.15. The number of carbonyl (C=O) groups excluding carboxylic acids is 1. The van der Waals surface area contributed by atoms with Gasteiger partial charge in [0, 0.05) is 5.56 Å². The lowest BCUT2D eigenvalue weighted by molar-refractivity contribution is -0.351. The summed E-state index contributed by atoms with van der Waals surface area (Å²) in [5.74, 6) is -0.575. The van der Waals surface area contributed by atoms with Crippen molar-refractivity contribution in [3.05, 3.63) is 71.8 Å². The van der Waals surface area contributed by atoms with Crippen molar-refractivity contribution in [2.45, 2.75) is 75.9 Å². The first-order valence-electron chi connectivity index (χ1n) is 11.7. The molecule has 7 nitrogen and oxygen atoms in total. The molecule has 0 amide bonds. The van der Waals surface area contributed by atoms with E-state index >= 15 is 0 Å². The molecule has 1 N–H and O–H groups in total. The molecule has 1 unspecified atom stereocenters. The maximum Gasteiger partial charge on any atom is 0.340 e. The molecule has 0 saturated carbocycles. The first kappa shape index (κ1) is 25.0. The van der Waals surface area contributed by atoms with Crippen molar-refractivity contribution in [2.75, 3.05) is 6.61 Å². The molecule has 0 radical (unpaired) electrons. The number of rotatable bonds is 5. The lowest BCUT2D eigenvalue weighted by Gasteiger charge is -2.50. The van der Waals surface area contributed by atoms with Crippen LogP contribution >= 0.6 is 0 Å². The lowest BCUT2D eigenvalue weighted by atomic mass is 9.98. The van der Waals surface area contributed by atoms with Gasteiger partial charge in [-0.15, -0.1) is 0 Å². The molecule has 0 spiro atoms. The molecule has 2 saturated heterocycles. The normalized spacial score (nSPS) is 29.8. The maximum absolute atomic E-state index is 12.7. The summed E-state index contributed by atoms with van der Waals surface area (Å²) in [4.78, 5) is 12.7. The summed E-state index contributed by atoms with van der Waals surface area (Å²) in [5.41, 5.74) is 1.25. The molecule has 0 aromatic heterocycles. The Labute approximate surface area is 202 Å². The van der Waals surface area contributed by atoms with Crippen LogP contribution in [0.4, 0.5) is 0 Å². The van der Waals surface area contributed by atoms with Crippen LogP contribution in [0.15, 0.2) is 60.7 Å². The molecule has 34 heavy (non-hydrogen) atoms. The van der Waals surface area contributed by atoms with Crippen molar-refractivity contribution in [1.82, 2.24) is 0 Å². The highest BCUT2D eigenvalue weighted by Gasteiger charge is 2.54. The van der Waals surface area contributed by atoms with E-state index in [1.807, 2.05) is 36.4 Å². The first-order chi connectivity index (χ1) is 16.1. The summed E-state index contributed by atoms with van der Waals surface area (Å²) in [6, 6.07) is 18.3. The van der Waals surface area contributed by atoms with Gasteiger partial charge in [-0.3, -0.25) is 0 Å². The molecule has 2 heterocycles. The molecule has 2 aliphatic rings. The third kappa shape index (κ3) is 5.27. The average molecular weight is 487 g/mol. The van der Waals surface area contributed by atoms with Crippen LogP contribution in [-0.4, -0.2) is 56.7 Å².